The van der Waals surface area contributed by atoms with Crippen LogP contribution in [0.3, 0.4) is 0 Å². The number of rotatable bonds is 5. The first-order valence-electron chi connectivity index (χ1n) is 7.26. The Balaban J connectivity index is 0.00000220. The quantitative estimate of drug-likeness (QED) is 0.905. The molecular weight excluding hydrogens is 288 g/mol. The van der Waals surface area contributed by atoms with Gasteiger partial charge >= 0.3 is 0 Å². The molecule has 1 amide bonds. The molecular formula is C16H25ClN2O2. The maximum Gasteiger partial charge on any atom is 0.248 e. The van der Waals surface area contributed by atoms with Crippen LogP contribution in [0.25, 0.3) is 0 Å². The van der Waals surface area contributed by atoms with E-state index in [4.69, 9.17) is 10.5 Å². The topological polar surface area (TPSA) is 55.6 Å². The van der Waals surface area contributed by atoms with Crippen LogP contribution < -0.4 is 5.73 Å². The zero-order valence-electron chi connectivity index (χ0n) is 12.7. The van der Waals surface area contributed by atoms with Crippen molar-refractivity contribution in [1.82, 2.24) is 4.90 Å². The maximum absolute atomic E-state index is 12.1. The van der Waals surface area contributed by atoms with Crippen LogP contribution in [0.1, 0.15) is 25.3 Å². The smallest absolute Gasteiger partial charge is 0.248 e. The van der Waals surface area contributed by atoms with Gasteiger partial charge in [0.1, 0.15) is 6.61 Å². The van der Waals surface area contributed by atoms with Gasteiger partial charge in [-0.2, -0.15) is 0 Å². The molecule has 1 aliphatic heterocycles. The molecule has 0 saturated carbocycles. The van der Waals surface area contributed by atoms with Crippen LogP contribution in [0.15, 0.2) is 30.3 Å². The molecule has 0 aromatic heterocycles. The standard InChI is InChI=1S/C16H24N2O2.ClH/c1-12(2)20-11-16(19)18-9-14(8-17)15(10-18)13-6-4-3-5-7-13;/h3-7,12,14-15H,8-11,17H2,1-2H3;1H/t14-,15+;/m1./s1. The third-order valence-corrected chi connectivity index (χ3v) is 3.86. The van der Waals surface area contributed by atoms with Crippen molar-refractivity contribution >= 4 is 18.3 Å². The number of ether oxygens (including phenoxy) is 1. The van der Waals surface area contributed by atoms with Crippen molar-refractivity contribution in [2.45, 2.75) is 25.9 Å². The molecule has 2 rings (SSSR count). The normalized spacial score (nSPS) is 21.4. The molecule has 0 radical (unpaired) electrons. The molecule has 0 aliphatic carbocycles. The Morgan fingerprint density at radius 1 is 1.33 bits per heavy atom. The second-order valence-corrected chi connectivity index (χ2v) is 5.67. The second-order valence-electron chi connectivity index (χ2n) is 5.67. The summed E-state index contributed by atoms with van der Waals surface area (Å²) in [5.74, 6) is 0.736. The molecule has 2 atom stereocenters. The van der Waals surface area contributed by atoms with E-state index in [2.05, 4.69) is 12.1 Å². The van der Waals surface area contributed by atoms with E-state index in [1.165, 1.54) is 5.56 Å². The van der Waals surface area contributed by atoms with Gasteiger partial charge in [-0.15, -0.1) is 12.4 Å². The van der Waals surface area contributed by atoms with Crippen molar-refractivity contribution in [1.29, 1.82) is 0 Å². The van der Waals surface area contributed by atoms with Gasteiger partial charge in [-0.05, 0) is 31.9 Å². The minimum Gasteiger partial charge on any atom is -0.369 e. The van der Waals surface area contributed by atoms with Crippen molar-refractivity contribution in [2.24, 2.45) is 11.7 Å². The Morgan fingerprint density at radius 3 is 2.57 bits per heavy atom. The van der Waals surface area contributed by atoms with E-state index in [-0.39, 0.29) is 31.0 Å². The fraction of sp³-hybridized carbons (Fsp3) is 0.562. The summed E-state index contributed by atoms with van der Waals surface area (Å²) >= 11 is 0. The lowest BCUT2D eigenvalue weighted by Gasteiger charge is -2.17. The van der Waals surface area contributed by atoms with Gasteiger partial charge < -0.3 is 15.4 Å². The van der Waals surface area contributed by atoms with E-state index < -0.39 is 0 Å². The first kappa shape index (κ1) is 18.0. The van der Waals surface area contributed by atoms with Gasteiger partial charge in [0, 0.05) is 19.0 Å². The number of nitrogens with zero attached hydrogens (tertiary/aromatic N) is 1. The highest BCUT2D eigenvalue weighted by molar-refractivity contribution is 5.85. The first-order chi connectivity index (χ1) is 9.61. The van der Waals surface area contributed by atoms with Crippen molar-refractivity contribution in [2.75, 3.05) is 26.2 Å². The van der Waals surface area contributed by atoms with E-state index in [0.717, 1.165) is 13.1 Å². The molecule has 0 spiro atoms. The van der Waals surface area contributed by atoms with Gasteiger partial charge in [-0.3, -0.25) is 4.79 Å². The van der Waals surface area contributed by atoms with Crippen LogP contribution in [-0.2, 0) is 9.53 Å². The van der Waals surface area contributed by atoms with Crippen molar-refractivity contribution in [3.05, 3.63) is 35.9 Å². The van der Waals surface area contributed by atoms with Gasteiger partial charge in [-0.1, -0.05) is 30.3 Å². The minimum atomic E-state index is 0. The highest BCUT2D eigenvalue weighted by atomic mass is 35.5. The lowest BCUT2D eigenvalue weighted by molar-refractivity contribution is -0.136. The van der Waals surface area contributed by atoms with E-state index >= 15 is 0 Å². The van der Waals surface area contributed by atoms with Crippen LogP contribution in [0, 0.1) is 5.92 Å². The van der Waals surface area contributed by atoms with Crippen LogP contribution >= 0.6 is 12.4 Å². The summed E-state index contributed by atoms with van der Waals surface area (Å²) < 4.78 is 5.40. The Hall–Kier alpha value is -1.10. The zero-order chi connectivity index (χ0) is 14.5. The van der Waals surface area contributed by atoms with Gasteiger partial charge in [0.05, 0.1) is 6.10 Å². The molecule has 5 heteroatoms. The number of hydrogen-bond donors (Lipinski definition) is 1. The molecule has 118 valence electrons. The van der Waals surface area contributed by atoms with E-state index in [1.807, 2.05) is 36.9 Å². The molecule has 0 unspecified atom stereocenters. The molecule has 1 aliphatic rings. The SMILES string of the molecule is CC(C)OCC(=O)N1C[C@@H](CN)[C@H](c2ccccc2)C1.Cl. The molecule has 0 bridgehead atoms. The highest BCUT2D eigenvalue weighted by Crippen LogP contribution is 2.31. The van der Waals surface area contributed by atoms with Crippen LogP contribution in [0.5, 0.6) is 0 Å². The Labute approximate surface area is 133 Å². The summed E-state index contributed by atoms with van der Waals surface area (Å²) in [4.78, 5) is 14.0. The Kier molecular flexibility index (Phi) is 7.15. The molecule has 1 aromatic rings. The first-order valence-corrected chi connectivity index (χ1v) is 7.26. The number of benzene rings is 1. The fourth-order valence-electron chi connectivity index (χ4n) is 2.72. The third-order valence-electron chi connectivity index (χ3n) is 3.86. The van der Waals surface area contributed by atoms with Gasteiger partial charge in [0.15, 0.2) is 0 Å². The lowest BCUT2D eigenvalue weighted by atomic mass is 9.89. The molecule has 21 heavy (non-hydrogen) atoms. The Bertz CT molecular complexity index is 439. The monoisotopic (exact) mass is 312 g/mol. The van der Waals surface area contributed by atoms with E-state index in [0.29, 0.717) is 18.4 Å². The zero-order valence-corrected chi connectivity index (χ0v) is 13.5. The van der Waals surface area contributed by atoms with Gasteiger partial charge in [0.25, 0.3) is 0 Å². The summed E-state index contributed by atoms with van der Waals surface area (Å²) in [5, 5.41) is 0. The molecule has 4 nitrogen and oxygen atoms in total. The van der Waals surface area contributed by atoms with Crippen LogP contribution in [0.4, 0.5) is 0 Å². The fourth-order valence-corrected chi connectivity index (χ4v) is 2.72. The van der Waals surface area contributed by atoms with E-state index in [1.54, 1.807) is 0 Å². The highest BCUT2D eigenvalue weighted by Gasteiger charge is 2.35. The largest absolute Gasteiger partial charge is 0.369 e. The summed E-state index contributed by atoms with van der Waals surface area (Å²) in [6, 6.07) is 10.3. The van der Waals surface area contributed by atoms with Gasteiger partial charge in [0.2, 0.25) is 5.91 Å². The summed E-state index contributed by atoms with van der Waals surface area (Å²) in [6.07, 6.45) is 0.0804. The average molecular weight is 313 g/mol. The number of halogens is 1. The lowest BCUT2D eigenvalue weighted by Crippen LogP contribution is -2.33. The summed E-state index contributed by atoms with van der Waals surface area (Å²) in [7, 11) is 0. The van der Waals surface area contributed by atoms with Crippen molar-refractivity contribution in [3.8, 4) is 0 Å². The number of carbonyl (C=O) groups is 1. The predicted octanol–water partition coefficient (Wildman–Crippen LogP) is 2.03. The average Bonchev–Trinajstić information content (AvgIpc) is 2.90. The molecule has 2 N–H and O–H groups in total. The molecule has 1 heterocycles. The molecule has 1 saturated heterocycles. The number of amides is 1. The maximum atomic E-state index is 12.1. The van der Waals surface area contributed by atoms with Crippen molar-refractivity contribution < 1.29 is 9.53 Å². The number of likely N-dealkylation sites (tertiary alicyclic amines) is 1. The predicted molar refractivity (Wildman–Crippen MR) is 86.6 cm³/mol. The van der Waals surface area contributed by atoms with Gasteiger partial charge in [-0.25, -0.2) is 0 Å². The number of nitrogens with two attached hydrogens (primary N) is 1. The Morgan fingerprint density at radius 2 is 2.00 bits per heavy atom. The molecule has 1 fully saturated rings. The van der Waals surface area contributed by atoms with Crippen LogP contribution in [0.2, 0.25) is 0 Å². The molecule has 1 aromatic carbocycles. The number of carbonyl (C=O) groups excluding carboxylic acids is 1. The summed E-state index contributed by atoms with van der Waals surface area (Å²) in [6.45, 7) is 6.12. The third kappa shape index (κ3) is 4.70. The number of hydrogen-bond acceptors (Lipinski definition) is 3. The van der Waals surface area contributed by atoms with Crippen LogP contribution in [-0.4, -0.2) is 43.2 Å². The van der Waals surface area contributed by atoms with E-state index in [9.17, 15) is 4.79 Å². The van der Waals surface area contributed by atoms with Crippen molar-refractivity contribution in [3.63, 3.8) is 0 Å². The summed E-state index contributed by atoms with van der Waals surface area (Å²) in [5.41, 5.74) is 7.14. The minimum absolute atomic E-state index is 0. The second kappa shape index (κ2) is 8.37.